The van der Waals surface area contributed by atoms with Crippen LogP contribution in [-0.4, -0.2) is 23.6 Å². The van der Waals surface area contributed by atoms with Crippen LogP contribution in [-0.2, 0) is 10.2 Å². The predicted molar refractivity (Wildman–Crippen MR) is 49.9 cm³/mol. The molecule has 0 saturated carbocycles. The standard InChI is InChI=1S/C8H10F2N2O2S/c1-5(6(2)15(10,13)14)8-11-3-7(9)4-12-8/h3-6H,1-2H3/t5-,6+/m0/s1. The fourth-order valence-corrected chi connectivity index (χ4v) is 1.62. The van der Waals surface area contributed by atoms with Gasteiger partial charge in [0.25, 0.3) is 0 Å². The van der Waals surface area contributed by atoms with Crippen molar-refractivity contribution in [2.45, 2.75) is 25.0 Å². The van der Waals surface area contributed by atoms with Gasteiger partial charge in [-0.25, -0.2) is 14.4 Å². The van der Waals surface area contributed by atoms with Crippen LogP contribution in [0.15, 0.2) is 12.4 Å². The monoisotopic (exact) mass is 236 g/mol. The van der Waals surface area contributed by atoms with Crippen LogP contribution >= 0.6 is 0 Å². The molecule has 0 bridgehead atoms. The number of hydrogen-bond donors (Lipinski definition) is 0. The molecule has 0 aliphatic rings. The lowest BCUT2D eigenvalue weighted by Gasteiger charge is -2.13. The number of aromatic nitrogens is 2. The van der Waals surface area contributed by atoms with Crippen molar-refractivity contribution in [3.8, 4) is 0 Å². The van der Waals surface area contributed by atoms with Crippen molar-refractivity contribution in [3.05, 3.63) is 24.0 Å². The summed E-state index contributed by atoms with van der Waals surface area (Å²) in [6, 6.07) is 0. The van der Waals surface area contributed by atoms with E-state index in [4.69, 9.17) is 0 Å². The van der Waals surface area contributed by atoms with Gasteiger partial charge in [-0.05, 0) is 6.92 Å². The van der Waals surface area contributed by atoms with Gasteiger partial charge in [-0.15, -0.1) is 3.89 Å². The third-order valence-electron chi connectivity index (χ3n) is 2.20. The summed E-state index contributed by atoms with van der Waals surface area (Å²) in [6.45, 7) is 2.68. The van der Waals surface area contributed by atoms with Crippen molar-refractivity contribution in [3.63, 3.8) is 0 Å². The second-order valence-electron chi connectivity index (χ2n) is 3.23. The lowest BCUT2D eigenvalue weighted by atomic mass is 10.1. The lowest BCUT2D eigenvalue weighted by molar-refractivity contribution is 0.518. The molecule has 1 aromatic heterocycles. The SMILES string of the molecule is C[C@H](c1ncc(F)cn1)[C@@H](C)S(=O)(=O)F. The van der Waals surface area contributed by atoms with Gasteiger partial charge >= 0.3 is 10.2 Å². The smallest absolute Gasteiger partial charge is 0.238 e. The minimum atomic E-state index is -4.63. The largest absolute Gasteiger partial charge is 0.305 e. The molecule has 2 atom stereocenters. The van der Waals surface area contributed by atoms with Crippen LogP contribution in [0, 0.1) is 5.82 Å². The van der Waals surface area contributed by atoms with Crippen LogP contribution in [0.25, 0.3) is 0 Å². The van der Waals surface area contributed by atoms with Crippen molar-refractivity contribution in [2.75, 3.05) is 0 Å². The molecule has 0 unspecified atom stereocenters. The van der Waals surface area contributed by atoms with Gasteiger partial charge < -0.3 is 0 Å². The Kier molecular flexibility index (Phi) is 3.33. The first-order valence-corrected chi connectivity index (χ1v) is 5.68. The Morgan fingerprint density at radius 1 is 1.27 bits per heavy atom. The highest BCUT2D eigenvalue weighted by molar-refractivity contribution is 7.87. The summed E-state index contributed by atoms with van der Waals surface area (Å²) < 4.78 is 46.3. The zero-order valence-electron chi connectivity index (χ0n) is 8.18. The van der Waals surface area contributed by atoms with Crippen molar-refractivity contribution in [1.82, 2.24) is 9.97 Å². The highest BCUT2D eigenvalue weighted by Gasteiger charge is 2.28. The molecule has 0 N–H and O–H groups in total. The normalized spacial score (nSPS) is 16.0. The molecule has 0 aliphatic carbocycles. The van der Waals surface area contributed by atoms with E-state index in [0.29, 0.717) is 0 Å². The summed E-state index contributed by atoms with van der Waals surface area (Å²) in [5.41, 5.74) is 0. The Hall–Kier alpha value is -1.11. The predicted octanol–water partition coefficient (Wildman–Crippen LogP) is 1.41. The number of rotatable bonds is 3. The maximum Gasteiger partial charge on any atom is 0.305 e. The minimum absolute atomic E-state index is 0.102. The topological polar surface area (TPSA) is 59.9 Å². The average molecular weight is 236 g/mol. The number of nitrogens with zero attached hydrogens (tertiary/aromatic N) is 2. The first-order chi connectivity index (χ1) is 6.82. The molecule has 84 valence electrons. The van der Waals surface area contributed by atoms with Gasteiger partial charge in [0.2, 0.25) is 0 Å². The van der Waals surface area contributed by atoms with Gasteiger partial charge in [0, 0.05) is 5.92 Å². The molecule has 0 aliphatic heterocycles. The van der Waals surface area contributed by atoms with Crippen molar-refractivity contribution >= 4 is 10.2 Å². The Balaban J connectivity index is 2.95. The van der Waals surface area contributed by atoms with Crippen LogP contribution in [0.3, 0.4) is 0 Å². The summed E-state index contributed by atoms with van der Waals surface area (Å²) in [5, 5.41) is -1.25. The third-order valence-corrected chi connectivity index (χ3v) is 3.49. The molecule has 0 radical (unpaired) electrons. The highest BCUT2D eigenvalue weighted by atomic mass is 32.3. The molecule has 0 aromatic carbocycles. The number of halogens is 2. The molecule has 4 nitrogen and oxygen atoms in total. The number of hydrogen-bond acceptors (Lipinski definition) is 4. The van der Waals surface area contributed by atoms with Crippen molar-refractivity contribution < 1.29 is 16.7 Å². The van der Waals surface area contributed by atoms with Crippen LogP contribution in [0.4, 0.5) is 8.28 Å². The molecule has 15 heavy (non-hydrogen) atoms. The fraction of sp³-hybridized carbons (Fsp3) is 0.500. The Bertz CT molecular complexity index is 432. The molecule has 0 spiro atoms. The Morgan fingerprint density at radius 3 is 2.13 bits per heavy atom. The molecule has 0 amide bonds. The summed E-state index contributed by atoms with van der Waals surface area (Å²) >= 11 is 0. The second kappa shape index (κ2) is 4.18. The highest BCUT2D eigenvalue weighted by Crippen LogP contribution is 2.21. The summed E-state index contributed by atoms with van der Waals surface area (Å²) in [6.07, 6.45) is 1.83. The van der Waals surface area contributed by atoms with Crippen LogP contribution in [0.5, 0.6) is 0 Å². The summed E-state index contributed by atoms with van der Waals surface area (Å²) in [5.74, 6) is -1.24. The van der Waals surface area contributed by atoms with Crippen LogP contribution < -0.4 is 0 Å². The second-order valence-corrected chi connectivity index (χ2v) is 4.92. The molecular formula is C8H10F2N2O2S. The van der Waals surface area contributed by atoms with E-state index in [9.17, 15) is 16.7 Å². The lowest BCUT2D eigenvalue weighted by Crippen LogP contribution is -2.21. The van der Waals surface area contributed by atoms with Gasteiger partial charge in [0.1, 0.15) is 5.82 Å². The summed E-state index contributed by atoms with van der Waals surface area (Å²) in [7, 11) is -4.63. The van der Waals surface area contributed by atoms with Crippen molar-refractivity contribution in [1.29, 1.82) is 0 Å². The first-order valence-electron chi connectivity index (χ1n) is 4.23. The van der Waals surface area contributed by atoms with E-state index in [-0.39, 0.29) is 5.82 Å². The zero-order chi connectivity index (χ0) is 11.6. The average Bonchev–Trinajstić information content (AvgIpc) is 2.15. The summed E-state index contributed by atoms with van der Waals surface area (Å²) in [4.78, 5) is 7.19. The van der Waals surface area contributed by atoms with Gasteiger partial charge in [0.15, 0.2) is 5.82 Å². The van der Waals surface area contributed by atoms with E-state index < -0.39 is 27.2 Å². The van der Waals surface area contributed by atoms with E-state index >= 15 is 0 Å². The van der Waals surface area contributed by atoms with Crippen LogP contribution in [0.1, 0.15) is 25.6 Å². The Labute approximate surface area is 86.6 Å². The van der Waals surface area contributed by atoms with E-state index in [0.717, 1.165) is 12.4 Å². The molecule has 1 aromatic rings. The van der Waals surface area contributed by atoms with Crippen LogP contribution in [0.2, 0.25) is 0 Å². The molecule has 7 heteroatoms. The van der Waals surface area contributed by atoms with E-state index in [2.05, 4.69) is 9.97 Å². The maximum absolute atomic E-state index is 12.6. The molecular weight excluding hydrogens is 226 g/mol. The van der Waals surface area contributed by atoms with E-state index in [1.807, 2.05) is 0 Å². The van der Waals surface area contributed by atoms with Gasteiger partial charge in [-0.1, -0.05) is 6.92 Å². The minimum Gasteiger partial charge on any atom is -0.238 e. The molecule has 1 heterocycles. The molecule has 1 rings (SSSR count). The third kappa shape index (κ3) is 2.92. The van der Waals surface area contributed by atoms with Gasteiger partial charge in [0.05, 0.1) is 17.6 Å². The van der Waals surface area contributed by atoms with Crippen molar-refractivity contribution in [2.24, 2.45) is 0 Å². The molecule has 0 fully saturated rings. The fourth-order valence-electron chi connectivity index (χ4n) is 1.01. The molecule has 0 saturated heterocycles. The first kappa shape index (κ1) is 12.0. The Morgan fingerprint density at radius 2 is 1.73 bits per heavy atom. The quantitative estimate of drug-likeness (QED) is 0.744. The maximum atomic E-state index is 12.6. The van der Waals surface area contributed by atoms with E-state index in [1.54, 1.807) is 0 Å². The van der Waals surface area contributed by atoms with E-state index in [1.165, 1.54) is 13.8 Å². The zero-order valence-corrected chi connectivity index (χ0v) is 9.00. The van der Waals surface area contributed by atoms with Gasteiger partial charge in [-0.2, -0.15) is 8.42 Å². The van der Waals surface area contributed by atoms with Gasteiger partial charge in [-0.3, -0.25) is 0 Å².